The van der Waals surface area contributed by atoms with Gasteiger partial charge < -0.3 is 9.80 Å². The first kappa shape index (κ1) is 13.2. The maximum Gasteiger partial charge on any atom is 0.228 e. The second kappa shape index (κ2) is 5.61. The normalized spacial score (nSPS) is 17.5. The zero-order valence-electron chi connectivity index (χ0n) is 9.78. The predicted molar refractivity (Wildman–Crippen MR) is 73.5 cm³/mol. The van der Waals surface area contributed by atoms with E-state index in [1.54, 1.807) is 0 Å². The van der Waals surface area contributed by atoms with E-state index in [1.807, 2.05) is 6.26 Å². The molecule has 0 bridgehead atoms. The molecule has 0 radical (unpaired) electrons. The minimum atomic E-state index is 0.437. The number of hydrogen-bond acceptors (Lipinski definition) is 5. The summed E-state index contributed by atoms with van der Waals surface area (Å²) in [5, 5.41) is 0.873. The van der Waals surface area contributed by atoms with Crippen LogP contribution in [0.2, 0.25) is 10.3 Å². The van der Waals surface area contributed by atoms with Gasteiger partial charge in [0.25, 0.3) is 0 Å². The molecule has 1 aromatic heterocycles. The van der Waals surface area contributed by atoms with E-state index in [1.165, 1.54) is 11.8 Å². The number of aromatic nitrogens is 2. The average Bonchev–Trinajstić information content (AvgIpc) is 2.29. The van der Waals surface area contributed by atoms with Gasteiger partial charge in [0.1, 0.15) is 10.3 Å². The van der Waals surface area contributed by atoms with Crippen molar-refractivity contribution in [2.24, 2.45) is 0 Å². The van der Waals surface area contributed by atoms with E-state index in [-0.39, 0.29) is 0 Å². The van der Waals surface area contributed by atoms with Gasteiger partial charge in [0.05, 0.1) is 4.90 Å². The Morgan fingerprint density at radius 1 is 1.06 bits per heavy atom. The van der Waals surface area contributed by atoms with Crippen LogP contribution in [0.4, 0.5) is 5.95 Å². The quantitative estimate of drug-likeness (QED) is 0.617. The zero-order chi connectivity index (χ0) is 12.4. The molecule has 0 N–H and O–H groups in total. The fraction of sp³-hybridized carbons (Fsp3) is 0.600. The molecule has 0 saturated carbocycles. The van der Waals surface area contributed by atoms with Crippen LogP contribution < -0.4 is 4.90 Å². The molecule has 0 spiro atoms. The molecule has 1 saturated heterocycles. The standard InChI is InChI=1S/C10H14Cl2N4S/c1-15-3-5-16(6-4-15)10-13-8(11)7(17-2)9(12)14-10/h3-6H2,1-2H3. The van der Waals surface area contributed by atoms with E-state index in [9.17, 15) is 0 Å². The van der Waals surface area contributed by atoms with Gasteiger partial charge in [-0.2, -0.15) is 9.97 Å². The van der Waals surface area contributed by atoms with Crippen molar-refractivity contribution in [1.82, 2.24) is 14.9 Å². The highest BCUT2D eigenvalue weighted by molar-refractivity contribution is 7.98. The zero-order valence-corrected chi connectivity index (χ0v) is 12.1. The lowest BCUT2D eigenvalue weighted by atomic mass is 10.3. The Labute approximate surface area is 115 Å². The molecule has 0 unspecified atom stereocenters. The molecule has 1 fully saturated rings. The molecule has 2 heterocycles. The summed E-state index contributed by atoms with van der Waals surface area (Å²) in [4.78, 5) is 13.7. The second-order valence-electron chi connectivity index (χ2n) is 3.93. The number of rotatable bonds is 2. The summed E-state index contributed by atoms with van der Waals surface area (Å²) >= 11 is 13.6. The highest BCUT2D eigenvalue weighted by atomic mass is 35.5. The molecule has 1 aromatic rings. The number of hydrogen-bond donors (Lipinski definition) is 0. The second-order valence-corrected chi connectivity index (χ2v) is 5.46. The van der Waals surface area contributed by atoms with Crippen LogP contribution in [0.25, 0.3) is 0 Å². The summed E-state index contributed by atoms with van der Waals surface area (Å²) in [7, 11) is 2.11. The topological polar surface area (TPSA) is 32.3 Å². The Balaban J connectivity index is 2.22. The molecule has 4 nitrogen and oxygen atoms in total. The van der Waals surface area contributed by atoms with Crippen molar-refractivity contribution in [3.63, 3.8) is 0 Å². The Bertz CT molecular complexity index is 384. The van der Waals surface area contributed by atoms with Gasteiger partial charge in [-0.05, 0) is 13.3 Å². The van der Waals surface area contributed by atoms with Gasteiger partial charge in [-0.25, -0.2) is 0 Å². The van der Waals surface area contributed by atoms with Crippen molar-refractivity contribution >= 4 is 40.9 Å². The third kappa shape index (κ3) is 2.96. The molecule has 0 aliphatic carbocycles. The van der Waals surface area contributed by atoms with Crippen LogP contribution in [-0.2, 0) is 0 Å². The lowest BCUT2D eigenvalue weighted by Gasteiger charge is -2.32. The summed E-state index contributed by atoms with van der Waals surface area (Å²) in [6, 6.07) is 0. The van der Waals surface area contributed by atoms with Crippen LogP contribution in [0.15, 0.2) is 4.90 Å². The molecule has 1 aliphatic rings. The third-order valence-corrected chi connectivity index (χ3v) is 4.33. The van der Waals surface area contributed by atoms with Crippen LogP contribution in [0, 0.1) is 0 Å². The first-order valence-electron chi connectivity index (χ1n) is 5.32. The maximum atomic E-state index is 6.09. The van der Waals surface area contributed by atoms with Crippen LogP contribution >= 0.6 is 35.0 Å². The van der Waals surface area contributed by atoms with Gasteiger partial charge in [-0.3, -0.25) is 0 Å². The highest BCUT2D eigenvalue weighted by Crippen LogP contribution is 2.31. The molecule has 2 rings (SSSR count). The Morgan fingerprint density at radius 3 is 2.06 bits per heavy atom. The number of nitrogens with zero attached hydrogens (tertiary/aromatic N) is 4. The van der Waals surface area contributed by atoms with E-state index < -0.39 is 0 Å². The van der Waals surface area contributed by atoms with E-state index >= 15 is 0 Å². The molecule has 17 heavy (non-hydrogen) atoms. The Hall–Kier alpha value is -0.230. The lowest BCUT2D eigenvalue weighted by Crippen LogP contribution is -2.45. The van der Waals surface area contributed by atoms with Crippen molar-refractivity contribution in [3.05, 3.63) is 10.3 Å². The Morgan fingerprint density at radius 2 is 1.59 bits per heavy atom. The molecule has 94 valence electrons. The van der Waals surface area contributed by atoms with Crippen molar-refractivity contribution in [2.75, 3.05) is 44.4 Å². The first-order valence-corrected chi connectivity index (χ1v) is 7.30. The van der Waals surface area contributed by atoms with Crippen LogP contribution in [-0.4, -0.2) is 54.4 Å². The van der Waals surface area contributed by atoms with Gasteiger partial charge in [0.2, 0.25) is 5.95 Å². The van der Waals surface area contributed by atoms with E-state index in [0.29, 0.717) is 16.3 Å². The summed E-state index contributed by atoms with van der Waals surface area (Å²) < 4.78 is 0. The molecule has 0 amide bonds. The van der Waals surface area contributed by atoms with Crippen LogP contribution in [0.1, 0.15) is 0 Å². The van der Waals surface area contributed by atoms with E-state index in [0.717, 1.165) is 31.1 Å². The monoisotopic (exact) mass is 292 g/mol. The highest BCUT2D eigenvalue weighted by Gasteiger charge is 2.19. The predicted octanol–water partition coefficient (Wildman–Crippen LogP) is 2.26. The van der Waals surface area contributed by atoms with Crippen molar-refractivity contribution in [2.45, 2.75) is 4.90 Å². The minimum Gasteiger partial charge on any atom is -0.338 e. The van der Waals surface area contributed by atoms with Crippen LogP contribution in [0.5, 0.6) is 0 Å². The lowest BCUT2D eigenvalue weighted by molar-refractivity contribution is 0.311. The van der Waals surface area contributed by atoms with Gasteiger partial charge in [0.15, 0.2) is 0 Å². The minimum absolute atomic E-state index is 0.437. The van der Waals surface area contributed by atoms with Gasteiger partial charge in [-0.1, -0.05) is 23.2 Å². The smallest absolute Gasteiger partial charge is 0.228 e. The summed E-state index contributed by atoms with van der Waals surface area (Å²) in [5.41, 5.74) is 0. The van der Waals surface area contributed by atoms with Gasteiger partial charge in [-0.15, -0.1) is 11.8 Å². The van der Waals surface area contributed by atoms with Crippen molar-refractivity contribution in [1.29, 1.82) is 0 Å². The fourth-order valence-electron chi connectivity index (χ4n) is 1.70. The van der Waals surface area contributed by atoms with E-state index in [2.05, 4.69) is 26.8 Å². The molecule has 7 heteroatoms. The molecular formula is C10H14Cl2N4S. The number of piperazine rings is 1. The van der Waals surface area contributed by atoms with Gasteiger partial charge in [0, 0.05) is 26.2 Å². The molecule has 1 aliphatic heterocycles. The largest absolute Gasteiger partial charge is 0.338 e. The Kier molecular flexibility index (Phi) is 4.36. The number of anilines is 1. The van der Waals surface area contributed by atoms with E-state index in [4.69, 9.17) is 23.2 Å². The maximum absolute atomic E-state index is 6.09. The molecule has 0 atom stereocenters. The van der Waals surface area contributed by atoms with Crippen LogP contribution in [0.3, 0.4) is 0 Å². The number of likely N-dealkylation sites (N-methyl/N-ethyl adjacent to an activating group) is 1. The number of halogens is 2. The summed E-state index contributed by atoms with van der Waals surface area (Å²) in [6.07, 6.45) is 1.91. The number of thioether (sulfide) groups is 1. The van der Waals surface area contributed by atoms with Gasteiger partial charge >= 0.3 is 0 Å². The molecule has 0 aromatic carbocycles. The average molecular weight is 293 g/mol. The SMILES string of the molecule is CSc1c(Cl)nc(N2CCN(C)CC2)nc1Cl. The summed E-state index contributed by atoms with van der Waals surface area (Å²) in [6.45, 7) is 3.81. The summed E-state index contributed by atoms with van der Waals surface area (Å²) in [5.74, 6) is 0.630. The molecular weight excluding hydrogens is 279 g/mol. The first-order chi connectivity index (χ1) is 8.11. The third-order valence-electron chi connectivity index (χ3n) is 2.76. The fourth-order valence-corrected chi connectivity index (χ4v) is 2.97. The van der Waals surface area contributed by atoms with Crippen molar-refractivity contribution < 1.29 is 0 Å². The van der Waals surface area contributed by atoms with Crippen molar-refractivity contribution in [3.8, 4) is 0 Å².